The maximum Gasteiger partial charge on any atom is 0.0866 e. The molecular formula is C16H22Br2O2. The van der Waals surface area contributed by atoms with Crippen LogP contribution in [0.15, 0.2) is 28.9 Å². The molecule has 0 aromatic heterocycles. The molecule has 5 atom stereocenters. The van der Waals surface area contributed by atoms with Crippen LogP contribution in [0.1, 0.15) is 39.0 Å². The maximum atomic E-state index is 6.16. The zero-order chi connectivity index (χ0) is 14.4. The fraction of sp³-hybridized carbons (Fsp3) is 0.688. The molecule has 0 bridgehead atoms. The number of alkyl halides is 1. The van der Waals surface area contributed by atoms with E-state index in [9.17, 15) is 0 Å². The van der Waals surface area contributed by atoms with Crippen LogP contribution in [0.2, 0.25) is 0 Å². The van der Waals surface area contributed by atoms with Gasteiger partial charge >= 0.3 is 0 Å². The van der Waals surface area contributed by atoms with Gasteiger partial charge < -0.3 is 9.47 Å². The molecule has 20 heavy (non-hydrogen) atoms. The minimum absolute atomic E-state index is 0.279. The van der Waals surface area contributed by atoms with Crippen molar-refractivity contribution in [2.75, 3.05) is 0 Å². The van der Waals surface area contributed by atoms with Crippen molar-refractivity contribution in [1.29, 1.82) is 0 Å². The van der Waals surface area contributed by atoms with E-state index >= 15 is 0 Å². The molecule has 2 saturated heterocycles. The average molecular weight is 406 g/mol. The van der Waals surface area contributed by atoms with Crippen LogP contribution in [0.4, 0.5) is 0 Å². The highest BCUT2D eigenvalue weighted by Gasteiger charge is 2.44. The normalized spacial score (nSPS) is 34.0. The van der Waals surface area contributed by atoms with Gasteiger partial charge in [-0.2, -0.15) is 0 Å². The van der Waals surface area contributed by atoms with E-state index in [1.54, 1.807) is 4.99 Å². The lowest BCUT2D eigenvalue weighted by molar-refractivity contribution is 0.0344. The molecule has 2 aliphatic heterocycles. The van der Waals surface area contributed by atoms with Crippen molar-refractivity contribution in [3.8, 4) is 0 Å². The molecule has 0 N–H and O–H groups in total. The molecule has 0 aromatic carbocycles. The van der Waals surface area contributed by atoms with Crippen molar-refractivity contribution >= 4 is 31.9 Å². The summed E-state index contributed by atoms with van der Waals surface area (Å²) in [5.41, 5.74) is 3.03. The van der Waals surface area contributed by atoms with Crippen molar-refractivity contribution in [2.45, 2.75) is 68.3 Å². The Bertz CT molecular complexity index is 374. The first-order valence-corrected chi connectivity index (χ1v) is 9.17. The standard InChI is InChI=1S/C16H22Br2O2/c1-2-3-4-8-13(18)14-11-16-15(20-14)10-12(19-16)7-5-6-9-17/h3-5,9,12-16H,2,7-8,10-11H2,1H3/b4-3+/t6?,12-,13-,14-,15-,16-/m0/s1. The first-order valence-electron chi connectivity index (χ1n) is 7.34. The summed E-state index contributed by atoms with van der Waals surface area (Å²) in [6, 6.07) is 0. The Morgan fingerprint density at radius 3 is 2.75 bits per heavy atom. The van der Waals surface area contributed by atoms with E-state index in [1.807, 2.05) is 6.08 Å². The first kappa shape index (κ1) is 16.5. The number of halogens is 2. The van der Waals surface area contributed by atoms with E-state index in [1.165, 1.54) is 0 Å². The van der Waals surface area contributed by atoms with Crippen LogP contribution in [0.25, 0.3) is 0 Å². The van der Waals surface area contributed by atoms with E-state index < -0.39 is 0 Å². The second-order valence-corrected chi connectivity index (χ2v) is 6.96. The predicted molar refractivity (Wildman–Crippen MR) is 89.5 cm³/mol. The first-order chi connectivity index (χ1) is 9.74. The average Bonchev–Trinajstić information content (AvgIpc) is 2.97. The summed E-state index contributed by atoms with van der Waals surface area (Å²) < 4.78 is 12.2. The zero-order valence-electron chi connectivity index (χ0n) is 11.8. The number of ether oxygens (including phenoxy) is 2. The largest absolute Gasteiger partial charge is 0.372 e. The van der Waals surface area contributed by atoms with Gasteiger partial charge in [0, 0.05) is 22.7 Å². The summed E-state index contributed by atoms with van der Waals surface area (Å²) in [6.45, 7) is 2.16. The number of allylic oxidation sites excluding steroid dienone is 2. The smallest absolute Gasteiger partial charge is 0.0866 e. The van der Waals surface area contributed by atoms with Crippen LogP contribution in [0.3, 0.4) is 0 Å². The molecule has 2 nitrogen and oxygen atoms in total. The molecule has 0 amide bonds. The van der Waals surface area contributed by atoms with E-state index in [0.717, 1.165) is 32.1 Å². The highest BCUT2D eigenvalue weighted by atomic mass is 79.9. The van der Waals surface area contributed by atoms with Gasteiger partial charge in [-0.3, -0.25) is 0 Å². The quantitative estimate of drug-likeness (QED) is 0.356. The lowest BCUT2D eigenvalue weighted by Crippen LogP contribution is -2.22. The van der Waals surface area contributed by atoms with Crippen LogP contribution in [-0.4, -0.2) is 29.2 Å². The van der Waals surface area contributed by atoms with Gasteiger partial charge in [-0.25, -0.2) is 0 Å². The highest BCUT2D eigenvalue weighted by molar-refractivity contribution is 9.11. The number of fused-ring (bicyclic) bond motifs is 1. The minimum Gasteiger partial charge on any atom is -0.372 e. The van der Waals surface area contributed by atoms with Crippen molar-refractivity contribution in [3.05, 3.63) is 28.9 Å². The molecule has 0 radical (unpaired) electrons. The Hall–Kier alpha value is 0.140. The molecule has 112 valence electrons. The number of rotatable bonds is 6. The number of hydrogen-bond acceptors (Lipinski definition) is 2. The third-order valence-electron chi connectivity index (χ3n) is 3.82. The maximum absolute atomic E-state index is 6.16. The molecule has 0 aromatic rings. The second-order valence-electron chi connectivity index (χ2n) is 5.33. The van der Waals surface area contributed by atoms with E-state index in [-0.39, 0.29) is 18.3 Å². The molecule has 2 rings (SSSR count). The Kier molecular flexibility index (Phi) is 7.06. The van der Waals surface area contributed by atoms with Crippen LogP contribution in [0, 0.1) is 0 Å². The topological polar surface area (TPSA) is 18.5 Å². The molecule has 0 aliphatic carbocycles. The third-order valence-corrected chi connectivity index (χ3v) is 5.05. The summed E-state index contributed by atoms with van der Waals surface area (Å²) in [6.07, 6.45) is 12.6. The summed E-state index contributed by atoms with van der Waals surface area (Å²) in [7, 11) is 0. The molecule has 4 heteroatoms. The van der Waals surface area contributed by atoms with Gasteiger partial charge in [0.15, 0.2) is 0 Å². The van der Waals surface area contributed by atoms with Gasteiger partial charge in [0.2, 0.25) is 0 Å². The fourth-order valence-corrected chi connectivity index (χ4v) is 3.58. The summed E-state index contributed by atoms with van der Waals surface area (Å²) in [4.78, 5) is 2.14. The summed E-state index contributed by atoms with van der Waals surface area (Å²) in [5, 5.41) is 0. The minimum atomic E-state index is 0.279. The predicted octanol–water partition coefficient (Wildman–Crippen LogP) is 4.88. The Balaban J connectivity index is 1.76. The number of hydrogen-bond donors (Lipinski definition) is 0. The molecule has 2 heterocycles. The summed E-state index contributed by atoms with van der Waals surface area (Å²) >= 11 is 6.97. The highest BCUT2D eigenvalue weighted by Crippen LogP contribution is 2.38. The molecule has 0 saturated carbocycles. The molecule has 0 unspecified atom stereocenters. The monoisotopic (exact) mass is 404 g/mol. The Morgan fingerprint density at radius 2 is 2.05 bits per heavy atom. The van der Waals surface area contributed by atoms with Crippen molar-refractivity contribution < 1.29 is 9.47 Å². The lowest BCUT2D eigenvalue weighted by atomic mass is 10.1. The van der Waals surface area contributed by atoms with Gasteiger partial charge in [-0.1, -0.05) is 50.9 Å². The van der Waals surface area contributed by atoms with Crippen LogP contribution in [-0.2, 0) is 9.47 Å². The zero-order valence-corrected chi connectivity index (χ0v) is 15.0. The Labute approximate surface area is 138 Å². The van der Waals surface area contributed by atoms with E-state index in [4.69, 9.17) is 9.47 Å². The van der Waals surface area contributed by atoms with E-state index in [0.29, 0.717) is 10.9 Å². The van der Waals surface area contributed by atoms with Crippen molar-refractivity contribution in [2.24, 2.45) is 0 Å². The van der Waals surface area contributed by atoms with Crippen LogP contribution < -0.4 is 0 Å². The molecular weight excluding hydrogens is 384 g/mol. The third kappa shape index (κ3) is 4.57. The van der Waals surface area contributed by atoms with Gasteiger partial charge in [0.05, 0.1) is 24.4 Å². The fourth-order valence-electron chi connectivity index (χ4n) is 2.83. The second kappa shape index (κ2) is 8.55. The van der Waals surface area contributed by atoms with Crippen LogP contribution in [0.5, 0.6) is 0 Å². The van der Waals surface area contributed by atoms with Crippen molar-refractivity contribution in [3.63, 3.8) is 0 Å². The molecule has 2 fully saturated rings. The molecule has 2 aliphatic rings. The van der Waals surface area contributed by atoms with Gasteiger partial charge in [-0.15, -0.1) is 5.73 Å². The SMILES string of the molecule is CC/C=C/C[C@H](Br)[C@@H]1C[C@@H]2O[C@@H](CC=C=CBr)C[C@@H]2O1. The summed E-state index contributed by atoms with van der Waals surface area (Å²) in [5.74, 6) is 0. The van der Waals surface area contributed by atoms with Gasteiger partial charge in [-0.05, 0) is 25.3 Å². The molecule has 0 spiro atoms. The van der Waals surface area contributed by atoms with Gasteiger partial charge in [0.25, 0.3) is 0 Å². The lowest BCUT2D eigenvalue weighted by Gasteiger charge is -2.18. The van der Waals surface area contributed by atoms with E-state index in [2.05, 4.69) is 56.7 Å². The van der Waals surface area contributed by atoms with Gasteiger partial charge in [0.1, 0.15) is 0 Å². The Morgan fingerprint density at radius 1 is 1.25 bits per heavy atom. The van der Waals surface area contributed by atoms with Crippen molar-refractivity contribution in [1.82, 2.24) is 0 Å². The van der Waals surface area contributed by atoms with Crippen LogP contribution >= 0.6 is 31.9 Å².